The third-order valence-corrected chi connectivity index (χ3v) is 5.78. The topological polar surface area (TPSA) is 70.0 Å². The van der Waals surface area contributed by atoms with Crippen molar-refractivity contribution in [3.05, 3.63) is 64.4 Å². The number of fused-ring (bicyclic) bond motifs is 1. The number of pyridine rings is 1. The van der Waals surface area contributed by atoms with Gasteiger partial charge in [-0.25, -0.2) is 0 Å². The Morgan fingerprint density at radius 2 is 1.61 bits per heavy atom. The summed E-state index contributed by atoms with van der Waals surface area (Å²) < 4.78 is 18.6. The second kappa shape index (κ2) is 8.71. The van der Waals surface area contributed by atoms with Gasteiger partial charge in [-0.2, -0.15) is 0 Å². The van der Waals surface area contributed by atoms with E-state index in [0.717, 1.165) is 10.9 Å². The zero-order chi connectivity index (χ0) is 22.0. The third kappa shape index (κ3) is 3.95. The number of aryl methyl sites for hydroxylation is 1. The lowest BCUT2D eigenvalue weighted by atomic mass is 10.0. The highest BCUT2D eigenvalue weighted by Gasteiger charge is 2.27. The van der Waals surface area contributed by atoms with E-state index in [2.05, 4.69) is 0 Å². The van der Waals surface area contributed by atoms with E-state index in [1.807, 2.05) is 42.5 Å². The second-order valence-electron chi connectivity index (χ2n) is 7.57. The van der Waals surface area contributed by atoms with Gasteiger partial charge in [0, 0.05) is 44.4 Å². The standard InChI is InChI=1S/C24H26N2O5/c1-25-19-8-5-4-7-17(19)18(15-22(25)27)24(28)26-13-11-16(12-14-26)31-23-20(29-2)9-6-10-21(23)30-3/h4-10,15-16H,11-14H2,1-3H3. The van der Waals surface area contributed by atoms with Gasteiger partial charge in [0.05, 0.1) is 25.3 Å². The molecule has 0 unspecified atom stereocenters. The summed E-state index contributed by atoms with van der Waals surface area (Å²) in [6.45, 7) is 1.09. The predicted molar refractivity (Wildman–Crippen MR) is 118 cm³/mol. The number of para-hydroxylation sites is 2. The van der Waals surface area contributed by atoms with Gasteiger partial charge < -0.3 is 23.7 Å². The van der Waals surface area contributed by atoms with Crippen LogP contribution in [0.5, 0.6) is 17.2 Å². The van der Waals surface area contributed by atoms with Crippen molar-refractivity contribution in [1.82, 2.24) is 9.47 Å². The van der Waals surface area contributed by atoms with Crippen LogP contribution in [0.4, 0.5) is 0 Å². The first-order chi connectivity index (χ1) is 15.0. The van der Waals surface area contributed by atoms with Gasteiger partial charge in [-0.1, -0.05) is 24.3 Å². The van der Waals surface area contributed by atoms with Crippen molar-refractivity contribution in [2.24, 2.45) is 7.05 Å². The molecular weight excluding hydrogens is 396 g/mol. The maximum Gasteiger partial charge on any atom is 0.254 e. The van der Waals surface area contributed by atoms with Crippen molar-refractivity contribution in [1.29, 1.82) is 0 Å². The highest BCUT2D eigenvalue weighted by Crippen LogP contribution is 2.38. The van der Waals surface area contributed by atoms with Crippen LogP contribution in [0.2, 0.25) is 0 Å². The predicted octanol–water partition coefficient (Wildman–Crippen LogP) is 3.24. The number of piperidine rings is 1. The average molecular weight is 422 g/mol. The summed E-state index contributed by atoms with van der Waals surface area (Å²) in [6.07, 6.45) is 1.29. The number of amides is 1. The molecule has 2 aromatic carbocycles. The second-order valence-corrected chi connectivity index (χ2v) is 7.57. The number of benzene rings is 2. The maximum atomic E-state index is 13.2. The van der Waals surface area contributed by atoms with Gasteiger partial charge in [-0.05, 0) is 18.2 Å². The average Bonchev–Trinajstić information content (AvgIpc) is 2.81. The van der Waals surface area contributed by atoms with Crippen LogP contribution in [0, 0.1) is 0 Å². The molecule has 0 saturated carbocycles. The molecule has 1 saturated heterocycles. The van der Waals surface area contributed by atoms with Gasteiger partial charge in [0.2, 0.25) is 5.75 Å². The van der Waals surface area contributed by atoms with Crippen LogP contribution >= 0.6 is 0 Å². The van der Waals surface area contributed by atoms with E-state index >= 15 is 0 Å². The maximum absolute atomic E-state index is 13.2. The van der Waals surface area contributed by atoms with Gasteiger partial charge in [0.1, 0.15) is 6.10 Å². The summed E-state index contributed by atoms with van der Waals surface area (Å²) in [5.41, 5.74) is 1.01. The number of methoxy groups -OCH3 is 2. The molecule has 1 aliphatic rings. The van der Waals surface area contributed by atoms with Crippen LogP contribution in [-0.2, 0) is 7.05 Å². The Morgan fingerprint density at radius 1 is 0.968 bits per heavy atom. The molecular formula is C24H26N2O5. The lowest BCUT2D eigenvalue weighted by Crippen LogP contribution is -2.42. The smallest absolute Gasteiger partial charge is 0.254 e. The van der Waals surface area contributed by atoms with Crippen molar-refractivity contribution in [2.75, 3.05) is 27.3 Å². The van der Waals surface area contributed by atoms with Gasteiger partial charge in [-0.15, -0.1) is 0 Å². The number of carbonyl (C=O) groups excluding carboxylic acids is 1. The molecule has 4 rings (SSSR count). The minimum absolute atomic E-state index is 0.0605. The first kappa shape index (κ1) is 20.8. The minimum Gasteiger partial charge on any atom is -0.493 e. The Labute approximate surface area is 180 Å². The highest BCUT2D eigenvalue weighted by molar-refractivity contribution is 6.06. The number of nitrogens with zero attached hydrogens (tertiary/aromatic N) is 2. The van der Waals surface area contributed by atoms with Gasteiger partial charge in [0.15, 0.2) is 11.5 Å². The third-order valence-electron chi connectivity index (χ3n) is 5.78. The van der Waals surface area contributed by atoms with Crippen LogP contribution in [-0.4, -0.2) is 48.8 Å². The van der Waals surface area contributed by atoms with Crippen molar-refractivity contribution >= 4 is 16.8 Å². The van der Waals surface area contributed by atoms with Crippen LogP contribution in [0.15, 0.2) is 53.3 Å². The van der Waals surface area contributed by atoms with Crippen LogP contribution in [0.1, 0.15) is 23.2 Å². The van der Waals surface area contributed by atoms with Crippen LogP contribution in [0.25, 0.3) is 10.9 Å². The lowest BCUT2D eigenvalue weighted by Gasteiger charge is -2.33. The number of aromatic nitrogens is 1. The Hall–Kier alpha value is -3.48. The van der Waals surface area contributed by atoms with Crippen molar-refractivity contribution in [3.8, 4) is 17.2 Å². The van der Waals surface area contributed by atoms with Crippen LogP contribution < -0.4 is 19.8 Å². The Balaban J connectivity index is 1.51. The number of likely N-dealkylation sites (tertiary alicyclic amines) is 1. The molecule has 0 N–H and O–H groups in total. The molecule has 7 nitrogen and oxygen atoms in total. The van der Waals surface area contributed by atoms with Gasteiger partial charge in [0.25, 0.3) is 11.5 Å². The largest absolute Gasteiger partial charge is 0.493 e. The van der Waals surface area contributed by atoms with E-state index in [1.165, 1.54) is 6.07 Å². The normalized spacial score (nSPS) is 14.5. The minimum atomic E-state index is -0.191. The molecule has 0 aliphatic carbocycles. The fourth-order valence-corrected chi connectivity index (χ4v) is 4.03. The Morgan fingerprint density at radius 3 is 2.26 bits per heavy atom. The first-order valence-corrected chi connectivity index (χ1v) is 10.3. The number of hydrogen-bond acceptors (Lipinski definition) is 5. The first-order valence-electron chi connectivity index (χ1n) is 10.3. The zero-order valence-corrected chi connectivity index (χ0v) is 18.0. The lowest BCUT2D eigenvalue weighted by molar-refractivity contribution is 0.0586. The molecule has 7 heteroatoms. The molecule has 0 atom stereocenters. The van der Waals surface area contributed by atoms with E-state index in [-0.39, 0.29) is 17.6 Å². The summed E-state index contributed by atoms with van der Waals surface area (Å²) in [4.78, 5) is 27.4. The molecule has 31 heavy (non-hydrogen) atoms. The van der Waals surface area contributed by atoms with Crippen molar-refractivity contribution in [3.63, 3.8) is 0 Å². The SMILES string of the molecule is COc1cccc(OC)c1OC1CCN(C(=O)c2cc(=O)n(C)c3ccccc23)CC1. The molecule has 1 fully saturated rings. The summed E-state index contributed by atoms with van der Waals surface area (Å²) in [6, 6.07) is 14.4. The quantitative estimate of drug-likeness (QED) is 0.631. The fourth-order valence-electron chi connectivity index (χ4n) is 4.03. The monoisotopic (exact) mass is 422 g/mol. The van der Waals surface area contributed by atoms with Crippen LogP contribution in [0.3, 0.4) is 0 Å². The molecule has 162 valence electrons. The number of rotatable bonds is 5. The van der Waals surface area contributed by atoms with Gasteiger partial charge >= 0.3 is 0 Å². The number of ether oxygens (including phenoxy) is 3. The molecule has 2 heterocycles. The molecule has 1 aliphatic heterocycles. The molecule has 0 radical (unpaired) electrons. The molecule has 1 aromatic heterocycles. The van der Waals surface area contributed by atoms with E-state index in [0.29, 0.717) is 48.7 Å². The van der Waals surface area contributed by atoms with Gasteiger partial charge in [-0.3, -0.25) is 9.59 Å². The summed E-state index contributed by atoms with van der Waals surface area (Å²) in [5.74, 6) is 1.69. The summed E-state index contributed by atoms with van der Waals surface area (Å²) >= 11 is 0. The summed E-state index contributed by atoms with van der Waals surface area (Å²) in [5, 5.41) is 0.784. The van der Waals surface area contributed by atoms with E-state index in [1.54, 1.807) is 30.7 Å². The zero-order valence-electron chi connectivity index (χ0n) is 18.0. The molecule has 0 spiro atoms. The van der Waals surface area contributed by atoms with E-state index < -0.39 is 0 Å². The molecule has 1 amide bonds. The van der Waals surface area contributed by atoms with Crippen molar-refractivity contribution < 1.29 is 19.0 Å². The highest BCUT2D eigenvalue weighted by atomic mass is 16.5. The molecule has 0 bridgehead atoms. The Kier molecular flexibility index (Phi) is 5.84. The van der Waals surface area contributed by atoms with E-state index in [4.69, 9.17) is 14.2 Å². The number of carbonyl (C=O) groups is 1. The van der Waals surface area contributed by atoms with E-state index in [9.17, 15) is 9.59 Å². The van der Waals surface area contributed by atoms with Crippen molar-refractivity contribution in [2.45, 2.75) is 18.9 Å². The molecule has 3 aromatic rings. The number of hydrogen-bond donors (Lipinski definition) is 0. The fraction of sp³-hybridized carbons (Fsp3) is 0.333. The summed E-state index contributed by atoms with van der Waals surface area (Å²) in [7, 11) is 4.91. The Bertz CT molecular complexity index is 1140.